The summed E-state index contributed by atoms with van der Waals surface area (Å²) in [6.45, 7) is 1.58. The molecule has 18 heavy (non-hydrogen) atoms. The van der Waals surface area contributed by atoms with Crippen LogP contribution in [0.5, 0.6) is 0 Å². The van der Waals surface area contributed by atoms with E-state index in [1.165, 1.54) is 12.1 Å². The molecule has 0 saturated carbocycles. The van der Waals surface area contributed by atoms with Crippen LogP contribution in [-0.4, -0.2) is 25.2 Å². The van der Waals surface area contributed by atoms with Gasteiger partial charge in [-0.2, -0.15) is 0 Å². The quantitative estimate of drug-likeness (QED) is 0.465. The zero-order valence-corrected chi connectivity index (χ0v) is 14.8. The van der Waals surface area contributed by atoms with E-state index in [4.69, 9.17) is 0 Å². The van der Waals surface area contributed by atoms with E-state index in [2.05, 4.69) is 12.2 Å². The van der Waals surface area contributed by atoms with Gasteiger partial charge in [0.2, 0.25) is 0 Å². The van der Waals surface area contributed by atoms with Crippen LogP contribution >= 0.6 is 12.2 Å². The molecule has 0 fully saturated rings. The number of carbonyl (C=O) groups is 1. The molecular weight excluding hydrogens is 492 g/mol. The molecule has 0 spiro atoms. The molecule has 0 radical (unpaired) electrons. The van der Waals surface area contributed by atoms with Crippen LogP contribution in [0.2, 0.25) is 0 Å². The Labute approximate surface area is 119 Å². The Morgan fingerprint density at radius 1 is 1.11 bits per heavy atom. The average Bonchev–Trinajstić information content (AvgIpc) is 2.39. The molecule has 0 aliphatic heterocycles. The van der Waals surface area contributed by atoms with E-state index in [9.17, 15) is 9.18 Å². The molecule has 2 rings (SSSR count). The Hall–Kier alpha value is -0.597. The third-order valence-electron chi connectivity index (χ3n) is 2.55. The number of hydrogen-bond acceptors (Lipinski definition) is 1. The van der Waals surface area contributed by atoms with Gasteiger partial charge in [0.25, 0.3) is 0 Å². The molecule has 0 heterocycles. The van der Waals surface area contributed by atoms with E-state index in [1.54, 1.807) is 19.1 Å². The third kappa shape index (κ3) is 3.04. The van der Waals surface area contributed by atoms with Gasteiger partial charge in [0.1, 0.15) is 0 Å². The third-order valence-corrected chi connectivity index (χ3v) is 15.6. The van der Waals surface area contributed by atoms with E-state index in [0.717, 1.165) is 12.1 Å². The summed E-state index contributed by atoms with van der Waals surface area (Å²) in [5, 5.41) is 0. The van der Waals surface area contributed by atoms with Crippen molar-refractivity contribution in [1.29, 1.82) is 0 Å². The van der Waals surface area contributed by atoms with Crippen LogP contribution in [0.3, 0.4) is 0 Å². The summed E-state index contributed by atoms with van der Waals surface area (Å²) in [5.74, 6) is -0.157. The van der Waals surface area contributed by atoms with Gasteiger partial charge in [-0.1, -0.05) is 0 Å². The van der Waals surface area contributed by atoms with Crippen LogP contribution in [0.4, 0.5) is 4.39 Å². The number of hydrogen-bond donors (Lipinski definition) is 0. The Morgan fingerprint density at radius 2 is 1.72 bits per heavy atom. The fourth-order valence-electron chi connectivity index (χ4n) is 1.65. The first-order valence-electron chi connectivity index (χ1n) is 5.41. The molecule has 0 atom stereocenters. The van der Waals surface area contributed by atoms with E-state index in [-0.39, 0.29) is 11.6 Å². The van der Waals surface area contributed by atoms with Gasteiger partial charge in [-0.25, -0.2) is 0 Å². The summed E-state index contributed by atoms with van der Waals surface area (Å²) >= 11 is 1.46. The maximum absolute atomic E-state index is 12.9. The van der Waals surface area contributed by atoms with Crippen LogP contribution in [0, 0.1) is 5.82 Å². The van der Waals surface area contributed by atoms with Crippen molar-refractivity contribution in [2.75, 3.05) is 0 Å². The summed E-state index contributed by atoms with van der Waals surface area (Å²) < 4.78 is 15.1. The van der Waals surface area contributed by atoms with Gasteiger partial charge in [-0.05, 0) is 0 Å². The van der Waals surface area contributed by atoms with E-state index in [0.29, 0.717) is 0 Å². The second-order valence-electron chi connectivity index (χ2n) is 3.83. The average molecular weight is 503 g/mol. The van der Waals surface area contributed by atoms with E-state index in [1.807, 2.05) is 24.3 Å². The molecule has 0 saturated heterocycles. The molecule has 0 bridgehead atoms. The summed E-state index contributed by atoms with van der Waals surface area (Å²) in [5.41, 5.74) is 0.775. The summed E-state index contributed by atoms with van der Waals surface area (Å²) in [4.78, 5) is 11.6. The second-order valence-corrected chi connectivity index (χ2v) is 16.1. The van der Waals surface area contributed by atoms with Gasteiger partial charge in [-0.3, -0.25) is 0 Å². The second kappa shape index (κ2) is 6.03. The standard InChI is InChI=1S/C8H7O.C6H4F.Bi.BrH/c1-7(9)8-5-3-2-4-6-8;7-6-4-2-1-3-5-6;;/h2-5H,1H3;2-5H;;1H/q;;+1;/p-1. The molecule has 2 aromatic rings. The van der Waals surface area contributed by atoms with Crippen LogP contribution in [-0.2, 0) is 0 Å². The van der Waals surface area contributed by atoms with Crippen LogP contribution in [0.1, 0.15) is 17.3 Å². The Balaban J connectivity index is 2.42. The van der Waals surface area contributed by atoms with Crippen LogP contribution in [0.15, 0.2) is 48.5 Å². The zero-order valence-electron chi connectivity index (χ0n) is 9.73. The first kappa shape index (κ1) is 13.8. The van der Waals surface area contributed by atoms with E-state index >= 15 is 0 Å². The van der Waals surface area contributed by atoms with Crippen molar-refractivity contribution in [3.63, 3.8) is 0 Å². The minimum absolute atomic E-state index is 0.0761. The summed E-state index contributed by atoms with van der Waals surface area (Å²) in [6, 6.07) is 14.2. The molecule has 92 valence electrons. The Morgan fingerprint density at radius 3 is 2.33 bits per heavy atom. The molecule has 4 heteroatoms. The molecule has 0 aliphatic rings. The van der Waals surface area contributed by atoms with Crippen molar-refractivity contribution < 1.29 is 9.18 Å². The fraction of sp³-hybridized carbons (Fsp3) is 0.0714. The predicted molar refractivity (Wildman–Crippen MR) is 76.8 cm³/mol. The van der Waals surface area contributed by atoms with Gasteiger partial charge in [0, 0.05) is 0 Å². The normalized spacial score (nSPS) is 10.7. The van der Waals surface area contributed by atoms with Crippen molar-refractivity contribution in [3.8, 4) is 0 Å². The van der Waals surface area contributed by atoms with Crippen molar-refractivity contribution in [2.24, 2.45) is 0 Å². The Bertz CT molecular complexity index is 568. The maximum atomic E-state index is 12.9. The number of rotatable bonds is 3. The summed E-state index contributed by atoms with van der Waals surface area (Å²) in [6.07, 6.45) is 0. The molecule has 0 N–H and O–H groups in total. The van der Waals surface area contributed by atoms with Crippen molar-refractivity contribution in [3.05, 3.63) is 59.9 Å². The van der Waals surface area contributed by atoms with Gasteiger partial charge in [-0.15, -0.1) is 0 Å². The fourth-order valence-corrected chi connectivity index (χ4v) is 11.7. The van der Waals surface area contributed by atoms with Crippen LogP contribution < -0.4 is 6.54 Å². The van der Waals surface area contributed by atoms with Crippen molar-refractivity contribution >= 4 is 43.9 Å². The molecular formula is C14H11BiBrFO. The summed E-state index contributed by atoms with van der Waals surface area (Å²) in [7, 11) is 0. The number of benzene rings is 2. The first-order valence-corrected chi connectivity index (χ1v) is 16.4. The monoisotopic (exact) mass is 502 g/mol. The molecule has 0 unspecified atom stereocenters. The number of Topliss-reactive ketones (excluding diaryl/α,β-unsaturated/α-hetero) is 1. The SMILES string of the molecule is CC(=O)c1cccc[c]1[Bi]([Br])[c]1ccc(F)cc1. The molecule has 0 aromatic heterocycles. The Kier molecular flexibility index (Phi) is 4.63. The molecule has 1 nitrogen and oxygen atoms in total. The first-order chi connectivity index (χ1) is 8.59. The molecule has 0 aliphatic carbocycles. The van der Waals surface area contributed by atoms with Crippen molar-refractivity contribution in [1.82, 2.24) is 0 Å². The molecule has 0 amide bonds. The van der Waals surface area contributed by atoms with Gasteiger partial charge >= 0.3 is 120 Å². The number of carbonyl (C=O) groups excluding carboxylic acids is 1. The van der Waals surface area contributed by atoms with E-state index < -0.39 is 19.4 Å². The zero-order chi connectivity index (χ0) is 13.1. The molecule has 2 aromatic carbocycles. The van der Waals surface area contributed by atoms with Gasteiger partial charge in [0.15, 0.2) is 0 Å². The predicted octanol–water partition coefficient (Wildman–Crippen LogP) is 2.53. The minimum atomic E-state index is -2.31. The number of ketones is 1. The number of halogens is 2. The van der Waals surface area contributed by atoms with Gasteiger partial charge in [0.05, 0.1) is 0 Å². The van der Waals surface area contributed by atoms with Crippen molar-refractivity contribution in [2.45, 2.75) is 6.92 Å². The topological polar surface area (TPSA) is 17.1 Å². The van der Waals surface area contributed by atoms with Crippen LogP contribution in [0.25, 0.3) is 0 Å². The van der Waals surface area contributed by atoms with Gasteiger partial charge < -0.3 is 0 Å².